The fraction of sp³-hybridized carbons (Fsp3) is 0. The van der Waals surface area contributed by atoms with E-state index in [-0.39, 0.29) is 56.6 Å². The van der Waals surface area contributed by atoms with Gasteiger partial charge in [-0.25, -0.2) is 4.79 Å². The summed E-state index contributed by atoms with van der Waals surface area (Å²) in [5.41, 5.74) is 0. The van der Waals surface area contributed by atoms with Crippen LogP contribution in [0.1, 0.15) is 2.85 Å². The van der Waals surface area contributed by atoms with Gasteiger partial charge in [0.05, 0.1) is 0 Å². The molecule has 6 nitrogen and oxygen atoms in total. The fourth-order valence-electron chi connectivity index (χ4n) is 1.42. The molecule has 0 heterocycles. The molecule has 2 aromatic carbocycles. The third-order valence-corrected chi connectivity index (χ3v) is 2.94. The number of hydrogen-bond acceptors (Lipinski definition) is 3. The zero-order valence-corrected chi connectivity index (χ0v) is 15.0. The van der Waals surface area contributed by atoms with E-state index >= 15 is 0 Å². The molecule has 8 heteroatoms. The molecule has 0 unspecified atom stereocenters. The molecule has 0 spiro atoms. The van der Waals surface area contributed by atoms with E-state index in [1.54, 1.807) is 30.3 Å². The molecule has 0 atom stereocenters. The molecule has 0 aromatic heterocycles. The van der Waals surface area contributed by atoms with E-state index in [1.807, 2.05) is 6.07 Å². The molecule has 0 fully saturated rings. The van der Waals surface area contributed by atoms with Crippen molar-refractivity contribution in [3.63, 3.8) is 0 Å². The molecule has 0 radical (unpaired) electrons. The Bertz CT molecular complexity index is 668. The van der Waals surface area contributed by atoms with Gasteiger partial charge in [-0.2, -0.15) is 8.42 Å². The third-order valence-electron chi connectivity index (χ3n) is 2.03. The number of carbonyl (C=O) groups is 1. The quantitative estimate of drug-likeness (QED) is 0.491. The Morgan fingerprint density at radius 1 is 1.00 bits per heavy atom. The standard InChI is InChI=1S/C10H8O3S.CH2O3.Ba.2H/c11-14(12,13)10-7-3-5-8-4-1-2-6-9(8)10;2-1(3)4;;;/h1-7H,(H,11,12,13);(H2,2,3,4);;;/q;;+2;2*-1. The third kappa shape index (κ3) is 5.95. The summed E-state index contributed by atoms with van der Waals surface area (Å²) >= 11 is 0. The Labute approximate surface area is 152 Å². The van der Waals surface area contributed by atoms with Crippen LogP contribution >= 0.6 is 0 Å². The summed E-state index contributed by atoms with van der Waals surface area (Å²) in [4.78, 5) is 8.51. The summed E-state index contributed by atoms with van der Waals surface area (Å²) in [6.45, 7) is 0. The molecule has 19 heavy (non-hydrogen) atoms. The molecule has 0 aliphatic rings. The van der Waals surface area contributed by atoms with E-state index in [4.69, 9.17) is 19.6 Å². The first kappa shape index (κ1) is 18.5. The van der Waals surface area contributed by atoms with Crippen LogP contribution in [0.4, 0.5) is 4.79 Å². The van der Waals surface area contributed by atoms with Crippen molar-refractivity contribution in [2.24, 2.45) is 0 Å². The minimum absolute atomic E-state index is 0. The number of rotatable bonds is 1. The first-order valence-electron chi connectivity index (χ1n) is 4.69. The van der Waals surface area contributed by atoms with Gasteiger partial charge < -0.3 is 13.1 Å². The van der Waals surface area contributed by atoms with E-state index < -0.39 is 16.3 Å². The maximum absolute atomic E-state index is 11.0. The average molecular weight is 410 g/mol. The van der Waals surface area contributed by atoms with E-state index in [0.717, 1.165) is 5.39 Å². The number of hydrogen-bond donors (Lipinski definition) is 3. The Hall–Kier alpha value is -0.549. The molecule has 2 rings (SSSR count). The summed E-state index contributed by atoms with van der Waals surface area (Å²) in [5.74, 6) is 0. The van der Waals surface area contributed by atoms with Crippen LogP contribution in [0.15, 0.2) is 47.4 Å². The summed E-state index contributed by atoms with van der Waals surface area (Å²) < 4.78 is 31.0. The smallest absolute Gasteiger partial charge is 1.00 e. The Morgan fingerprint density at radius 3 is 2.00 bits per heavy atom. The molecule has 0 saturated heterocycles. The van der Waals surface area contributed by atoms with Gasteiger partial charge in [-0.1, -0.05) is 36.4 Å². The second-order valence-electron chi connectivity index (χ2n) is 3.23. The maximum atomic E-state index is 11.0. The predicted molar refractivity (Wildman–Crippen MR) is 72.4 cm³/mol. The average Bonchev–Trinajstić information content (AvgIpc) is 2.26. The van der Waals surface area contributed by atoms with Crippen LogP contribution in [-0.4, -0.2) is 78.2 Å². The number of benzene rings is 2. The maximum Gasteiger partial charge on any atom is 2.00 e. The van der Waals surface area contributed by atoms with Crippen LogP contribution < -0.4 is 0 Å². The van der Waals surface area contributed by atoms with Crippen molar-refractivity contribution in [3.8, 4) is 0 Å². The van der Waals surface area contributed by atoms with Crippen LogP contribution in [0.3, 0.4) is 0 Å². The summed E-state index contributed by atoms with van der Waals surface area (Å²) in [6, 6.07) is 11.8. The molecule has 0 saturated carbocycles. The van der Waals surface area contributed by atoms with E-state index in [9.17, 15) is 8.42 Å². The van der Waals surface area contributed by atoms with Gasteiger partial charge in [0.2, 0.25) is 0 Å². The van der Waals surface area contributed by atoms with Crippen LogP contribution in [0.25, 0.3) is 10.8 Å². The molecule has 0 amide bonds. The Kier molecular flexibility index (Phi) is 7.67. The molecular weight excluding hydrogens is 398 g/mol. The molecule has 0 bridgehead atoms. The van der Waals surface area contributed by atoms with Crippen molar-refractivity contribution >= 4 is 75.9 Å². The minimum Gasteiger partial charge on any atom is -1.00 e. The summed E-state index contributed by atoms with van der Waals surface area (Å²) in [6.07, 6.45) is -1.83. The van der Waals surface area contributed by atoms with Gasteiger partial charge in [-0.3, -0.25) is 4.55 Å². The largest absolute Gasteiger partial charge is 2.00 e. The van der Waals surface area contributed by atoms with Gasteiger partial charge in [-0.05, 0) is 11.5 Å². The molecule has 2 aromatic rings. The van der Waals surface area contributed by atoms with Crippen LogP contribution in [0, 0.1) is 0 Å². The number of carboxylic acid groups (broad SMARTS) is 2. The molecular formula is C11H12BaO6S. The number of fused-ring (bicyclic) bond motifs is 1. The van der Waals surface area contributed by atoms with Crippen molar-refractivity contribution in [2.75, 3.05) is 0 Å². The first-order valence-corrected chi connectivity index (χ1v) is 6.13. The van der Waals surface area contributed by atoms with E-state index in [0.29, 0.717) is 5.39 Å². The van der Waals surface area contributed by atoms with Crippen molar-refractivity contribution in [1.29, 1.82) is 0 Å². The summed E-state index contributed by atoms with van der Waals surface area (Å²) in [7, 11) is -4.13. The normalized spacial score (nSPS) is 9.95. The zero-order chi connectivity index (χ0) is 13.8. The SMILES string of the molecule is O=C(O)O.O=S(=O)(O)c1cccc2ccccc12.[Ba+2].[H-].[H-]. The molecule has 0 aliphatic carbocycles. The van der Waals surface area contributed by atoms with Crippen molar-refractivity contribution in [3.05, 3.63) is 42.5 Å². The van der Waals surface area contributed by atoms with Crippen molar-refractivity contribution in [1.82, 2.24) is 0 Å². The monoisotopic (exact) mass is 410 g/mol. The van der Waals surface area contributed by atoms with E-state index in [1.165, 1.54) is 6.07 Å². The van der Waals surface area contributed by atoms with E-state index in [2.05, 4.69) is 0 Å². The summed E-state index contributed by atoms with van der Waals surface area (Å²) in [5, 5.41) is 15.3. The zero-order valence-electron chi connectivity index (χ0n) is 11.7. The Balaban J connectivity index is -0.000000417. The predicted octanol–water partition coefficient (Wildman–Crippen LogP) is 2.15. The van der Waals surface area contributed by atoms with Gasteiger partial charge in [0.1, 0.15) is 4.90 Å². The molecule has 3 N–H and O–H groups in total. The minimum atomic E-state index is -4.13. The second kappa shape index (κ2) is 7.90. The van der Waals surface area contributed by atoms with Crippen molar-refractivity contribution in [2.45, 2.75) is 4.90 Å². The fourth-order valence-corrected chi connectivity index (χ4v) is 2.13. The van der Waals surface area contributed by atoms with Crippen LogP contribution in [0.5, 0.6) is 0 Å². The van der Waals surface area contributed by atoms with Crippen molar-refractivity contribution < 1.29 is 30.8 Å². The van der Waals surface area contributed by atoms with Gasteiger partial charge >= 0.3 is 55.0 Å². The van der Waals surface area contributed by atoms with Gasteiger partial charge in [0.15, 0.2) is 0 Å². The second-order valence-corrected chi connectivity index (χ2v) is 4.62. The van der Waals surface area contributed by atoms with Gasteiger partial charge in [0, 0.05) is 5.39 Å². The topological polar surface area (TPSA) is 112 Å². The molecule has 100 valence electrons. The Morgan fingerprint density at radius 2 is 1.47 bits per heavy atom. The first-order chi connectivity index (χ1) is 8.32. The van der Waals surface area contributed by atoms with Gasteiger partial charge in [-0.15, -0.1) is 0 Å². The van der Waals surface area contributed by atoms with Crippen LogP contribution in [-0.2, 0) is 10.1 Å². The molecule has 0 aliphatic heterocycles. The van der Waals surface area contributed by atoms with Crippen LogP contribution in [0.2, 0.25) is 0 Å². The van der Waals surface area contributed by atoms with Gasteiger partial charge in [0.25, 0.3) is 10.1 Å².